The van der Waals surface area contributed by atoms with E-state index in [1.54, 1.807) is 0 Å². The molecule has 1 atom stereocenters. The van der Waals surface area contributed by atoms with Gasteiger partial charge in [-0.2, -0.15) is 0 Å². The molecule has 74 valence electrons. The Bertz CT molecular complexity index is 211. The maximum Gasteiger partial charge on any atom is 0.361 e. The van der Waals surface area contributed by atoms with Gasteiger partial charge < -0.3 is 9.64 Å². The topological polar surface area (TPSA) is 30.7 Å². The maximum absolute atomic E-state index is 11.1. The summed E-state index contributed by atoms with van der Waals surface area (Å²) in [7, 11) is 0. The van der Waals surface area contributed by atoms with Crippen molar-refractivity contribution in [3.63, 3.8) is 0 Å². The molecule has 0 aliphatic carbocycles. The zero-order valence-corrected chi connectivity index (χ0v) is 8.43. The zero-order chi connectivity index (χ0) is 9.68. The van der Waals surface area contributed by atoms with E-state index in [-0.39, 0.29) is 5.97 Å². The van der Waals surface area contributed by atoms with Crippen molar-refractivity contribution in [2.75, 3.05) is 26.2 Å². The second-order valence-corrected chi connectivity index (χ2v) is 3.49. The third-order valence-electron chi connectivity index (χ3n) is 2.31. The summed E-state index contributed by atoms with van der Waals surface area (Å²) in [5.41, 5.74) is 1.44. The van der Waals surface area contributed by atoms with Crippen molar-refractivity contribution in [2.24, 2.45) is 0 Å². The van der Waals surface area contributed by atoms with E-state index in [2.05, 4.69) is 13.0 Å². The van der Waals surface area contributed by atoms with Gasteiger partial charge in [0.05, 0.1) is 19.7 Å². The molecular formula is C10H18NO2+. The number of quaternary nitrogens is 1. The number of hydrogen-bond acceptors (Lipinski definition) is 2. The van der Waals surface area contributed by atoms with E-state index < -0.39 is 0 Å². The largest absolute Gasteiger partial charge is 0.462 e. The summed E-state index contributed by atoms with van der Waals surface area (Å²) < 4.78 is 4.89. The number of rotatable bonds is 3. The first kappa shape index (κ1) is 10.3. The van der Waals surface area contributed by atoms with Crippen molar-refractivity contribution >= 4 is 5.97 Å². The third-order valence-corrected chi connectivity index (χ3v) is 2.31. The SMILES string of the molecule is CCOC(=O)C[NH+]1CC=C(C)CC1. The molecule has 1 N–H and O–H groups in total. The smallest absolute Gasteiger partial charge is 0.361 e. The first-order chi connectivity index (χ1) is 6.22. The minimum Gasteiger partial charge on any atom is -0.462 e. The Morgan fingerprint density at radius 2 is 2.46 bits per heavy atom. The van der Waals surface area contributed by atoms with Crippen LogP contribution in [0.1, 0.15) is 20.3 Å². The van der Waals surface area contributed by atoms with Gasteiger partial charge in [0.1, 0.15) is 0 Å². The van der Waals surface area contributed by atoms with Crippen LogP contribution >= 0.6 is 0 Å². The molecule has 0 spiro atoms. The summed E-state index contributed by atoms with van der Waals surface area (Å²) in [5, 5.41) is 0. The Labute approximate surface area is 79.4 Å². The van der Waals surface area contributed by atoms with Crippen LogP contribution in [-0.2, 0) is 9.53 Å². The molecule has 1 aliphatic rings. The number of carbonyl (C=O) groups is 1. The first-order valence-corrected chi connectivity index (χ1v) is 4.87. The van der Waals surface area contributed by atoms with E-state index in [0.717, 1.165) is 19.5 Å². The molecule has 0 amide bonds. The molecule has 1 aliphatic heterocycles. The quantitative estimate of drug-likeness (QED) is 0.486. The molecule has 1 heterocycles. The molecule has 0 radical (unpaired) electrons. The predicted octanol–water partition coefficient (Wildman–Crippen LogP) is -0.216. The second-order valence-electron chi connectivity index (χ2n) is 3.49. The fourth-order valence-corrected chi connectivity index (χ4v) is 1.47. The van der Waals surface area contributed by atoms with Crippen LogP contribution in [0.25, 0.3) is 0 Å². The number of nitrogens with one attached hydrogen (secondary N) is 1. The highest BCUT2D eigenvalue weighted by atomic mass is 16.5. The zero-order valence-electron chi connectivity index (χ0n) is 8.43. The molecule has 0 fully saturated rings. The fourth-order valence-electron chi connectivity index (χ4n) is 1.47. The molecule has 13 heavy (non-hydrogen) atoms. The molecule has 0 bridgehead atoms. The summed E-state index contributed by atoms with van der Waals surface area (Å²) in [6, 6.07) is 0. The average molecular weight is 184 g/mol. The highest BCUT2D eigenvalue weighted by Gasteiger charge is 2.16. The van der Waals surface area contributed by atoms with E-state index >= 15 is 0 Å². The number of ether oxygens (including phenoxy) is 1. The molecule has 0 saturated carbocycles. The number of carbonyl (C=O) groups excluding carboxylic acids is 1. The summed E-state index contributed by atoms with van der Waals surface area (Å²) in [5.74, 6) is -0.0783. The van der Waals surface area contributed by atoms with Crippen LogP contribution in [0.5, 0.6) is 0 Å². The lowest BCUT2D eigenvalue weighted by Crippen LogP contribution is -3.13. The molecule has 0 saturated heterocycles. The molecule has 3 heteroatoms. The molecule has 3 nitrogen and oxygen atoms in total. The lowest BCUT2D eigenvalue weighted by atomic mass is 10.1. The summed E-state index contributed by atoms with van der Waals surface area (Å²) in [6.07, 6.45) is 3.31. The van der Waals surface area contributed by atoms with Crippen molar-refractivity contribution in [2.45, 2.75) is 20.3 Å². The van der Waals surface area contributed by atoms with Crippen molar-refractivity contribution < 1.29 is 14.4 Å². The third kappa shape index (κ3) is 3.59. The number of hydrogen-bond donors (Lipinski definition) is 1. The lowest BCUT2D eigenvalue weighted by Gasteiger charge is -2.21. The molecule has 1 unspecified atom stereocenters. The summed E-state index contributed by atoms with van der Waals surface area (Å²) in [6.45, 7) is 7.00. The molecule has 0 aromatic carbocycles. The van der Waals surface area contributed by atoms with Crippen LogP contribution in [-0.4, -0.2) is 32.2 Å². The highest BCUT2D eigenvalue weighted by Crippen LogP contribution is 1.98. The van der Waals surface area contributed by atoms with E-state index in [1.165, 1.54) is 10.5 Å². The minimum atomic E-state index is -0.0783. The van der Waals surface area contributed by atoms with E-state index in [1.807, 2.05) is 6.92 Å². The number of esters is 1. The van der Waals surface area contributed by atoms with Gasteiger partial charge in [-0.25, -0.2) is 4.79 Å². The van der Waals surface area contributed by atoms with Gasteiger partial charge in [-0.15, -0.1) is 0 Å². The van der Waals surface area contributed by atoms with Gasteiger partial charge in [-0.1, -0.05) is 5.57 Å². The van der Waals surface area contributed by atoms with Crippen molar-refractivity contribution in [3.8, 4) is 0 Å². The molecular weight excluding hydrogens is 166 g/mol. The van der Waals surface area contributed by atoms with Crippen molar-refractivity contribution in [3.05, 3.63) is 11.6 Å². The highest BCUT2D eigenvalue weighted by molar-refractivity contribution is 5.70. The second kappa shape index (κ2) is 5.02. The van der Waals surface area contributed by atoms with Gasteiger partial charge in [-0.3, -0.25) is 0 Å². The minimum absolute atomic E-state index is 0.0783. The van der Waals surface area contributed by atoms with Crippen LogP contribution in [0, 0.1) is 0 Å². The Hall–Kier alpha value is -0.830. The Balaban J connectivity index is 2.27. The molecule has 0 aromatic heterocycles. The van der Waals surface area contributed by atoms with E-state index in [0.29, 0.717) is 13.2 Å². The Kier molecular flexibility index (Phi) is 3.96. The van der Waals surface area contributed by atoms with Gasteiger partial charge in [0.2, 0.25) is 0 Å². The monoisotopic (exact) mass is 184 g/mol. The average Bonchev–Trinajstić information content (AvgIpc) is 2.09. The fraction of sp³-hybridized carbons (Fsp3) is 0.700. The van der Waals surface area contributed by atoms with Crippen LogP contribution in [0.15, 0.2) is 11.6 Å². The van der Waals surface area contributed by atoms with Gasteiger partial charge in [0.25, 0.3) is 0 Å². The maximum atomic E-state index is 11.1. The van der Waals surface area contributed by atoms with Crippen LogP contribution < -0.4 is 4.90 Å². The van der Waals surface area contributed by atoms with Crippen molar-refractivity contribution in [1.29, 1.82) is 0 Å². The van der Waals surface area contributed by atoms with Gasteiger partial charge in [0, 0.05) is 6.42 Å². The van der Waals surface area contributed by atoms with E-state index in [4.69, 9.17) is 4.74 Å². The van der Waals surface area contributed by atoms with Crippen LogP contribution in [0.2, 0.25) is 0 Å². The van der Waals surface area contributed by atoms with Gasteiger partial charge in [0.15, 0.2) is 6.54 Å². The summed E-state index contributed by atoms with van der Waals surface area (Å²) in [4.78, 5) is 12.4. The standard InChI is InChI=1S/C10H17NO2/c1-3-13-10(12)8-11-6-4-9(2)5-7-11/h4H,3,5-8H2,1-2H3/p+1. The molecule has 0 aromatic rings. The van der Waals surface area contributed by atoms with Gasteiger partial charge >= 0.3 is 5.97 Å². The van der Waals surface area contributed by atoms with Gasteiger partial charge in [-0.05, 0) is 19.9 Å². The Morgan fingerprint density at radius 1 is 1.69 bits per heavy atom. The van der Waals surface area contributed by atoms with E-state index in [9.17, 15) is 4.79 Å². The predicted molar refractivity (Wildman–Crippen MR) is 50.6 cm³/mol. The van der Waals surface area contributed by atoms with Crippen LogP contribution in [0.4, 0.5) is 0 Å². The normalized spacial score (nSPS) is 22.3. The van der Waals surface area contributed by atoms with Crippen LogP contribution in [0.3, 0.4) is 0 Å². The lowest BCUT2D eigenvalue weighted by molar-refractivity contribution is -0.888. The van der Waals surface area contributed by atoms with Crippen molar-refractivity contribution in [1.82, 2.24) is 0 Å². The summed E-state index contributed by atoms with van der Waals surface area (Å²) >= 11 is 0. The molecule has 1 rings (SSSR count). The Morgan fingerprint density at radius 3 is 3.00 bits per heavy atom. The first-order valence-electron chi connectivity index (χ1n) is 4.87.